The van der Waals surface area contributed by atoms with Gasteiger partial charge in [0.25, 0.3) is 0 Å². The van der Waals surface area contributed by atoms with E-state index in [0.717, 1.165) is 6.07 Å². The van der Waals surface area contributed by atoms with Crippen LogP contribution in [0, 0.1) is 5.82 Å². The smallest absolute Gasteiger partial charge is 0.211 e. The molecule has 1 N–H and O–H groups in total. The molecule has 0 aliphatic heterocycles. The lowest BCUT2D eigenvalue weighted by molar-refractivity contribution is 0.555. The fourth-order valence-corrected chi connectivity index (χ4v) is 3.08. The minimum absolute atomic E-state index is 0.305. The first-order chi connectivity index (χ1) is 8.36. The van der Waals surface area contributed by atoms with Gasteiger partial charge in [-0.25, -0.2) is 17.5 Å². The van der Waals surface area contributed by atoms with E-state index in [1.54, 1.807) is 11.8 Å². The van der Waals surface area contributed by atoms with Crippen molar-refractivity contribution < 1.29 is 12.8 Å². The largest absolute Gasteiger partial charge is 0.243 e. The number of rotatable bonds is 6. The summed E-state index contributed by atoms with van der Waals surface area (Å²) in [4.78, 5) is -0.317. The van der Waals surface area contributed by atoms with Crippen molar-refractivity contribution in [1.29, 1.82) is 0 Å². The summed E-state index contributed by atoms with van der Waals surface area (Å²) >= 11 is 4.75. The molecule has 1 rings (SSSR count). The Labute approximate surface area is 120 Å². The molecule has 0 heterocycles. The summed E-state index contributed by atoms with van der Waals surface area (Å²) in [5, 5.41) is 0.363. The molecule has 0 amide bonds. The number of benzene rings is 1. The molecule has 1 unspecified atom stereocenters. The number of nitrogens with one attached hydrogen (secondary N) is 1. The molecule has 7 heteroatoms. The molecular formula is C11H15BrFNO2S2. The van der Waals surface area contributed by atoms with Crippen LogP contribution in [0.5, 0.6) is 0 Å². The van der Waals surface area contributed by atoms with Crippen molar-refractivity contribution in [3.8, 4) is 0 Å². The Balaban J connectivity index is 2.74. The second-order valence-electron chi connectivity index (χ2n) is 3.81. The van der Waals surface area contributed by atoms with E-state index in [9.17, 15) is 12.8 Å². The normalized spacial score (nSPS) is 13.6. The Morgan fingerprint density at radius 2 is 2.17 bits per heavy atom. The van der Waals surface area contributed by atoms with E-state index in [1.807, 2.05) is 13.2 Å². The van der Waals surface area contributed by atoms with Gasteiger partial charge in [-0.15, -0.1) is 0 Å². The average Bonchev–Trinajstić information content (AvgIpc) is 2.27. The van der Waals surface area contributed by atoms with Gasteiger partial charge in [0.15, 0.2) is 0 Å². The number of sulfonamides is 1. The zero-order chi connectivity index (χ0) is 13.8. The third-order valence-corrected chi connectivity index (χ3v) is 5.46. The Morgan fingerprint density at radius 1 is 1.50 bits per heavy atom. The molecule has 1 aromatic carbocycles. The monoisotopic (exact) mass is 355 g/mol. The van der Waals surface area contributed by atoms with Crippen LogP contribution < -0.4 is 4.72 Å². The van der Waals surface area contributed by atoms with Crippen LogP contribution >= 0.6 is 27.7 Å². The van der Waals surface area contributed by atoms with Crippen LogP contribution in [0.2, 0.25) is 0 Å². The van der Waals surface area contributed by atoms with Gasteiger partial charge in [0.2, 0.25) is 10.0 Å². The number of hydrogen-bond donors (Lipinski definition) is 1. The fourth-order valence-electron chi connectivity index (χ4n) is 1.29. The summed E-state index contributed by atoms with van der Waals surface area (Å²) in [5.41, 5.74) is 0. The molecule has 102 valence electrons. The van der Waals surface area contributed by atoms with Gasteiger partial charge >= 0.3 is 0 Å². The molecule has 1 atom stereocenters. The Bertz CT molecular complexity index is 508. The molecule has 1 aromatic rings. The second kappa shape index (κ2) is 6.88. The summed E-state index contributed by atoms with van der Waals surface area (Å²) in [6.45, 7) is 2.32. The van der Waals surface area contributed by atoms with E-state index in [2.05, 4.69) is 20.7 Å². The topological polar surface area (TPSA) is 46.2 Å². The van der Waals surface area contributed by atoms with E-state index in [4.69, 9.17) is 0 Å². The van der Waals surface area contributed by atoms with Crippen LogP contribution in [0.1, 0.15) is 13.3 Å². The first-order valence-electron chi connectivity index (χ1n) is 5.34. The van der Waals surface area contributed by atoms with E-state index in [1.165, 1.54) is 12.1 Å². The van der Waals surface area contributed by atoms with Crippen LogP contribution in [0.4, 0.5) is 4.39 Å². The lowest BCUT2D eigenvalue weighted by Gasteiger charge is -2.10. The molecule has 18 heavy (non-hydrogen) atoms. The van der Waals surface area contributed by atoms with E-state index >= 15 is 0 Å². The predicted octanol–water partition coefficient (Wildman–Crippen LogP) is 3.01. The highest BCUT2D eigenvalue weighted by Crippen LogP contribution is 2.19. The van der Waals surface area contributed by atoms with Gasteiger partial charge in [0.05, 0.1) is 0 Å². The van der Waals surface area contributed by atoms with Crippen molar-refractivity contribution >= 4 is 37.7 Å². The first-order valence-corrected chi connectivity index (χ1v) is 8.90. The van der Waals surface area contributed by atoms with Crippen LogP contribution in [0.25, 0.3) is 0 Å². The molecule has 0 aliphatic carbocycles. The van der Waals surface area contributed by atoms with Gasteiger partial charge in [-0.3, -0.25) is 0 Å². The van der Waals surface area contributed by atoms with Crippen molar-refractivity contribution in [2.75, 3.05) is 12.8 Å². The fraction of sp³-hybridized carbons (Fsp3) is 0.455. The third-order valence-electron chi connectivity index (χ3n) is 2.43. The standard InChI is InChI=1S/C11H15BrFNO2S2/c1-8(17-2)5-6-14-18(15,16)11-4-3-9(12)7-10(11)13/h3-4,7-8,14H,5-6H2,1-2H3. The molecule has 0 aromatic heterocycles. The number of thioether (sulfide) groups is 1. The van der Waals surface area contributed by atoms with Crippen LogP contribution in [0.3, 0.4) is 0 Å². The van der Waals surface area contributed by atoms with Crippen molar-refractivity contribution in [3.63, 3.8) is 0 Å². The van der Waals surface area contributed by atoms with E-state index in [-0.39, 0.29) is 4.90 Å². The van der Waals surface area contributed by atoms with Gasteiger partial charge in [-0.1, -0.05) is 22.9 Å². The zero-order valence-corrected chi connectivity index (χ0v) is 13.3. The second-order valence-corrected chi connectivity index (χ2v) is 7.73. The quantitative estimate of drug-likeness (QED) is 0.852. The minimum Gasteiger partial charge on any atom is -0.211 e. The highest BCUT2D eigenvalue weighted by molar-refractivity contribution is 9.10. The molecule has 0 fully saturated rings. The first kappa shape index (κ1) is 15.9. The van der Waals surface area contributed by atoms with Crippen molar-refractivity contribution in [3.05, 3.63) is 28.5 Å². The Kier molecular flexibility index (Phi) is 6.10. The molecule has 0 bridgehead atoms. The summed E-state index contributed by atoms with van der Waals surface area (Å²) in [6, 6.07) is 3.89. The lowest BCUT2D eigenvalue weighted by atomic mass is 10.3. The van der Waals surface area contributed by atoms with Crippen LogP contribution in [0.15, 0.2) is 27.6 Å². The van der Waals surface area contributed by atoms with Crippen LogP contribution in [-0.2, 0) is 10.0 Å². The average molecular weight is 356 g/mol. The summed E-state index contributed by atoms with van der Waals surface area (Å²) in [7, 11) is -3.77. The van der Waals surface area contributed by atoms with Gasteiger partial charge < -0.3 is 0 Å². The van der Waals surface area contributed by atoms with E-state index in [0.29, 0.717) is 22.7 Å². The van der Waals surface area contributed by atoms with Crippen molar-refractivity contribution in [1.82, 2.24) is 4.72 Å². The SMILES string of the molecule is CSC(C)CCNS(=O)(=O)c1ccc(Br)cc1F. The Hall–Kier alpha value is -0.110. The molecule has 0 spiro atoms. The molecule has 0 aliphatic rings. The minimum atomic E-state index is -3.77. The summed E-state index contributed by atoms with van der Waals surface area (Å²) < 4.78 is 40.2. The van der Waals surface area contributed by atoms with Gasteiger partial charge in [0.1, 0.15) is 10.7 Å². The Morgan fingerprint density at radius 3 is 2.72 bits per heavy atom. The van der Waals surface area contributed by atoms with Crippen molar-refractivity contribution in [2.45, 2.75) is 23.5 Å². The van der Waals surface area contributed by atoms with E-state index < -0.39 is 15.8 Å². The number of halogens is 2. The van der Waals surface area contributed by atoms with Gasteiger partial charge in [-0.05, 0) is 30.9 Å². The summed E-state index contributed by atoms with van der Waals surface area (Å²) in [6.07, 6.45) is 2.67. The molecule has 0 saturated heterocycles. The highest BCUT2D eigenvalue weighted by atomic mass is 79.9. The zero-order valence-electron chi connectivity index (χ0n) is 10.1. The maximum absolute atomic E-state index is 13.5. The maximum Gasteiger partial charge on any atom is 0.243 e. The van der Waals surface area contributed by atoms with Gasteiger partial charge in [0, 0.05) is 16.3 Å². The molecular weight excluding hydrogens is 341 g/mol. The highest BCUT2D eigenvalue weighted by Gasteiger charge is 2.18. The molecule has 3 nitrogen and oxygen atoms in total. The predicted molar refractivity (Wildman–Crippen MR) is 76.9 cm³/mol. The number of hydrogen-bond acceptors (Lipinski definition) is 3. The van der Waals surface area contributed by atoms with Crippen molar-refractivity contribution in [2.24, 2.45) is 0 Å². The lowest BCUT2D eigenvalue weighted by Crippen LogP contribution is -2.27. The summed E-state index contributed by atoms with van der Waals surface area (Å²) in [5.74, 6) is -0.755. The third kappa shape index (κ3) is 4.53. The van der Waals surface area contributed by atoms with Gasteiger partial charge in [-0.2, -0.15) is 11.8 Å². The molecule has 0 saturated carbocycles. The van der Waals surface area contributed by atoms with Crippen LogP contribution in [-0.4, -0.2) is 26.5 Å². The molecule has 0 radical (unpaired) electrons. The maximum atomic E-state index is 13.5.